The van der Waals surface area contributed by atoms with Crippen LogP contribution >= 0.6 is 0 Å². The zero-order valence-corrected chi connectivity index (χ0v) is 17.7. The number of nitrogens with zero attached hydrogens (tertiary/aromatic N) is 2. The summed E-state index contributed by atoms with van der Waals surface area (Å²) in [5.41, 5.74) is 4.18. The second-order valence-electron chi connectivity index (χ2n) is 8.66. The van der Waals surface area contributed by atoms with Gasteiger partial charge in [0, 0.05) is 46.3 Å². The molecule has 1 aliphatic heterocycles. The van der Waals surface area contributed by atoms with E-state index in [1.807, 2.05) is 0 Å². The SMILES string of the molecule is CCn1/c(=C/C=C/C2N(C)c3ccccc3C2(C)C)c2cccc3cccc1c32. The second kappa shape index (κ2) is 6.52. The first-order valence-electron chi connectivity index (χ1n) is 10.5. The lowest BCUT2D eigenvalue weighted by Crippen LogP contribution is -2.37. The standard InChI is InChI=1S/C27H28N2/c1-5-29-22(20-13-8-11-19-12-9-17-24(29)26(19)20)16-10-18-25-27(2,3)21-14-6-7-15-23(21)28(25)4/h6-18,25H,5H2,1-4H3/b18-10+,22-16+. The molecule has 4 aromatic rings. The van der Waals surface area contributed by atoms with Gasteiger partial charge in [-0.05, 0) is 36.1 Å². The van der Waals surface area contributed by atoms with Crippen molar-refractivity contribution in [3.63, 3.8) is 0 Å². The molecule has 2 heteroatoms. The van der Waals surface area contributed by atoms with E-state index >= 15 is 0 Å². The molecule has 0 aliphatic carbocycles. The summed E-state index contributed by atoms with van der Waals surface area (Å²) in [6.45, 7) is 7.89. The van der Waals surface area contributed by atoms with Gasteiger partial charge < -0.3 is 9.47 Å². The quantitative estimate of drug-likeness (QED) is 0.445. The number of anilines is 1. The number of aryl methyl sites for hydroxylation is 1. The Morgan fingerprint density at radius 3 is 2.48 bits per heavy atom. The molecule has 146 valence electrons. The van der Waals surface area contributed by atoms with Gasteiger partial charge in [0.1, 0.15) is 0 Å². The van der Waals surface area contributed by atoms with Gasteiger partial charge in [-0.25, -0.2) is 0 Å². The maximum Gasteiger partial charge on any atom is 0.0565 e. The molecule has 1 atom stereocenters. The maximum absolute atomic E-state index is 2.43. The summed E-state index contributed by atoms with van der Waals surface area (Å²) in [5, 5.41) is 5.33. The summed E-state index contributed by atoms with van der Waals surface area (Å²) >= 11 is 0. The normalized spacial score (nSPS) is 19.1. The third-order valence-corrected chi connectivity index (χ3v) is 6.74. The molecular weight excluding hydrogens is 352 g/mol. The fourth-order valence-corrected chi connectivity index (χ4v) is 5.30. The zero-order valence-electron chi connectivity index (χ0n) is 17.7. The first-order chi connectivity index (χ1) is 14.0. The van der Waals surface area contributed by atoms with Crippen LogP contribution in [0.1, 0.15) is 26.3 Å². The minimum Gasteiger partial charge on any atom is -0.367 e. The van der Waals surface area contributed by atoms with E-state index in [-0.39, 0.29) is 5.41 Å². The number of likely N-dealkylation sites (N-methyl/N-ethyl adjacent to an activating group) is 1. The molecular formula is C27H28N2. The number of rotatable bonds is 3. The molecule has 0 N–H and O–H groups in total. The minimum atomic E-state index is 0.0868. The lowest BCUT2D eigenvalue weighted by molar-refractivity contribution is 0.488. The molecule has 0 bridgehead atoms. The summed E-state index contributed by atoms with van der Waals surface area (Å²) in [6.07, 6.45) is 6.92. The van der Waals surface area contributed by atoms with Crippen molar-refractivity contribution in [1.82, 2.24) is 4.57 Å². The maximum atomic E-state index is 2.43. The van der Waals surface area contributed by atoms with Gasteiger partial charge in [-0.1, -0.05) is 74.5 Å². The molecule has 0 fully saturated rings. The molecule has 5 rings (SSSR count). The van der Waals surface area contributed by atoms with Crippen molar-refractivity contribution < 1.29 is 0 Å². The van der Waals surface area contributed by atoms with Crippen molar-refractivity contribution >= 4 is 33.4 Å². The summed E-state index contributed by atoms with van der Waals surface area (Å²) in [6, 6.07) is 22.4. The number of aromatic nitrogens is 1. The van der Waals surface area contributed by atoms with Gasteiger partial charge >= 0.3 is 0 Å². The molecule has 3 aromatic carbocycles. The van der Waals surface area contributed by atoms with E-state index in [0.717, 1.165) is 6.54 Å². The molecule has 0 amide bonds. The molecule has 1 aromatic heterocycles. The van der Waals surface area contributed by atoms with Gasteiger partial charge in [0.05, 0.1) is 6.04 Å². The Bertz CT molecular complexity index is 1280. The number of benzene rings is 3. The van der Waals surface area contributed by atoms with Gasteiger partial charge in [-0.3, -0.25) is 0 Å². The number of hydrogen-bond acceptors (Lipinski definition) is 1. The molecule has 0 saturated carbocycles. The zero-order chi connectivity index (χ0) is 20.2. The van der Waals surface area contributed by atoms with Crippen molar-refractivity contribution in [2.45, 2.75) is 38.8 Å². The van der Waals surface area contributed by atoms with Crippen LogP contribution in [0.4, 0.5) is 5.69 Å². The predicted octanol–water partition coefficient (Wildman–Crippen LogP) is 5.67. The Morgan fingerprint density at radius 2 is 1.72 bits per heavy atom. The van der Waals surface area contributed by atoms with E-state index in [4.69, 9.17) is 0 Å². The highest BCUT2D eigenvalue weighted by molar-refractivity contribution is 6.10. The van der Waals surface area contributed by atoms with Crippen LogP contribution in [0.2, 0.25) is 0 Å². The first kappa shape index (κ1) is 18.1. The largest absolute Gasteiger partial charge is 0.367 e. The molecule has 1 unspecified atom stereocenters. The van der Waals surface area contributed by atoms with E-state index in [1.165, 1.54) is 38.3 Å². The van der Waals surface area contributed by atoms with Crippen LogP contribution in [-0.2, 0) is 12.0 Å². The van der Waals surface area contributed by atoms with Crippen LogP contribution < -0.4 is 10.2 Å². The Hall–Kier alpha value is -3.00. The molecule has 0 spiro atoms. The average Bonchev–Trinajstić information content (AvgIpc) is 3.14. The van der Waals surface area contributed by atoms with Crippen LogP contribution in [0.25, 0.3) is 27.8 Å². The second-order valence-corrected chi connectivity index (χ2v) is 8.66. The summed E-state index contributed by atoms with van der Waals surface area (Å²) in [4.78, 5) is 2.41. The fraction of sp³-hybridized carbons (Fsp3) is 0.259. The molecule has 2 nitrogen and oxygen atoms in total. The average molecular weight is 381 g/mol. The van der Waals surface area contributed by atoms with Crippen molar-refractivity contribution in [1.29, 1.82) is 0 Å². The highest BCUT2D eigenvalue weighted by Crippen LogP contribution is 2.44. The highest BCUT2D eigenvalue weighted by atomic mass is 15.2. The van der Waals surface area contributed by atoms with Crippen molar-refractivity contribution in [2.75, 3.05) is 11.9 Å². The van der Waals surface area contributed by atoms with Crippen LogP contribution in [0.15, 0.2) is 72.8 Å². The first-order valence-corrected chi connectivity index (χ1v) is 10.5. The Morgan fingerprint density at radius 1 is 0.966 bits per heavy atom. The monoisotopic (exact) mass is 380 g/mol. The lowest BCUT2D eigenvalue weighted by Gasteiger charge is -2.29. The van der Waals surface area contributed by atoms with Gasteiger partial charge in [-0.15, -0.1) is 0 Å². The van der Waals surface area contributed by atoms with Crippen LogP contribution in [0, 0.1) is 0 Å². The predicted molar refractivity (Wildman–Crippen MR) is 126 cm³/mol. The molecule has 2 heterocycles. The van der Waals surface area contributed by atoms with Gasteiger partial charge in [0.2, 0.25) is 0 Å². The fourth-order valence-electron chi connectivity index (χ4n) is 5.30. The summed E-state index contributed by atoms with van der Waals surface area (Å²) < 4.78 is 2.43. The van der Waals surface area contributed by atoms with Gasteiger partial charge in [0.15, 0.2) is 0 Å². The third-order valence-electron chi connectivity index (χ3n) is 6.74. The van der Waals surface area contributed by atoms with E-state index < -0.39 is 0 Å². The lowest BCUT2D eigenvalue weighted by atomic mass is 9.80. The smallest absolute Gasteiger partial charge is 0.0565 e. The number of allylic oxidation sites excluding steroid dienone is 1. The van der Waals surface area contributed by atoms with Crippen LogP contribution in [0.3, 0.4) is 0 Å². The number of hydrogen-bond donors (Lipinski definition) is 0. The topological polar surface area (TPSA) is 8.17 Å². The molecule has 0 saturated heterocycles. The van der Waals surface area contributed by atoms with Gasteiger partial charge in [-0.2, -0.15) is 0 Å². The van der Waals surface area contributed by atoms with E-state index in [1.54, 1.807) is 0 Å². The third kappa shape index (κ3) is 2.55. The molecule has 1 aliphatic rings. The van der Waals surface area contributed by atoms with E-state index in [0.29, 0.717) is 6.04 Å². The van der Waals surface area contributed by atoms with Gasteiger partial charge in [0.25, 0.3) is 0 Å². The molecule has 0 radical (unpaired) electrons. The van der Waals surface area contributed by atoms with E-state index in [2.05, 4.69) is 116 Å². The summed E-state index contributed by atoms with van der Waals surface area (Å²) in [7, 11) is 2.21. The molecule has 29 heavy (non-hydrogen) atoms. The van der Waals surface area contributed by atoms with Crippen LogP contribution in [-0.4, -0.2) is 17.7 Å². The summed E-state index contributed by atoms with van der Waals surface area (Å²) in [5.74, 6) is 0. The number of fused-ring (bicyclic) bond motifs is 1. The van der Waals surface area contributed by atoms with Crippen molar-refractivity contribution in [3.05, 3.63) is 83.7 Å². The Balaban J connectivity index is 1.62. The van der Waals surface area contributed by atoms with Crippen molar-refractivity contribution in [3.8, 4) is 0 Å². The van der Waals surface area contributed by atoms with E-state index in [9.17, 15) is 0 Å². The minimum absolute atomic E-state index is 0.0868. The van der Waals surface area contributed by atoms with Crippen molar-refractivity contribution in [2.24, 2.45) is 0 Å². The Labute approximate surface area is 172 Å². The van der Waals surface area contributed by atoms with Crippen LogP contribution in [0.5, 0.6) is 0 Å². The Kier molecular flexibility index (Phi) is 4.06. The number of para-hydroxylation sites is 1. The highest BCUT2D eigenvalue weighted by Gasteiger charge is 2.41.